The highest BCUT2D eigenvalue weighted by atomic mass is 16.2. The number of benzene rings is 3. The van der Waals surface area contributed by atoms with Crippen LogP contribution in [0.2, 0.25) is 0 Å². The van der Waals surface area contributed by atoms with E-state index in [2.05, 4.69) is 87.6 Å². The maximum absolute atomic E-state index is 13.4. The van der Waals surface area contributed by atoms with E-state index in [0.717, 1.165) is 62.8 Å². The molecule has 3 aromatic carbocycles. The number of likely N-dealkylation sites (tertiary alicyclic amines) is 2. The van der Waals surface area contributed by atoms with Gasteiger partial charge in [-0.05, 0) is 62.9 Å². The number of anilines is 2. The van der Waals surface area contributed by atoms with E-state index in [1.807, 2.05) is 29.2 Å². The van der Waals surface area contributed by atoms with Gasteiger partial charge in [-0.1, -0.05) is 54.6 Å². The fraction of sp³-hybridized carbons (Fsp3) is 0.344. The Balaban J connectivity index is 1.11. The van der Waals surface area contributed by atoms with Crippen molar-refractivity contribution in [2.45, 2.75) is 44.2 Å². The van der Waals surface area contributed by atoms with Crippen LogP contribution >= 0.6 is 0 Å². The highest BCUT2D eigenvalue weighted by molar-refractivity contribution is 6.05. The van der Waals surface area contributed by atoms with Crippen molar-refractivity contribution >= 4 is 28.2 Å². The summed E-state index contributed by atoms with van der Waals surface area (Å²) in [4.78, 5) is 20.6. The summed E-state index contributed by atoms with van der Waals surface area (Å²) in [6.07, 6.45) is 5.84. The molecule has 2 aliphatic heterocycles. The van der Waals surface area contributed by atoms with E-state index in [1.54, 1.807) is 6.20 Å². The van der Waals surface area contributed by atoms with E-state index in [0.29, 0.717) is 11.6 Å². The fourth-order valence-corrected chi connectivity index (χ4v) is 6.27. The normalized spacial score (nSPS) is 18.4. The second-order valence-corrected chi connectivity index (χ2v) is 10.8. The van der Waals surface area contributed by atoms with Crippen LogP contribution in [0, 0.1) is 0 Å². The van der Waals surface area contributed by atoms with Crippen molar-refractivity contribution in [2.24, 2.45) is 0 Å². The Hall–Kier alpha value is -3.77. The van der Waals surface area contributed by atoms with Gasteiger partial charge in [-0.3, -0.25) is 9.69 Å². The maximum Gasteiger partial charge on any atom is 0.256 e. The molecule has 0 atom stereocenters. The number of fused-ring (bicyclic) bond motifs is 1. The molecule has 0 unspecified atom stereocenters. The Morgan fingerprint density at radius 3 is 2.03 bits per heavy atom. The number of carbonyl (C=O) groups is 1. The second kappa shape index (κ2) is 10.5. The lowest BCUT2D eigenvalue weighted by Gasteiger charge is -2.50. The molecule has 0 saturated carbocycles. The molecule has 0 bridgehead atoms. The van der Waals surface area contributed by atoms with Gasteiger partial charge in [-0.25, -0.2) is 0 Å². The van der Waals surface area contributed by atoms with Crippen LogP contribution < -0.4 is 4.90 Å². The number of nitrogens with zero attached hydrogens (tertiary/aromatic N) is 5. The van der Waals surface area contributed by atoms with Gasteiger partial charge in [-0.15, -0.1) is 0 Å². The van der Waals surface area contributed by atoms with Crippen LogP contribution in [-0.2, 0) is 0 Å². The van der Waals surface area contributed by atoms with Gasteiger partial charge < -0.3 is 9.80 Å². The van der Waals surface area contributed by atoms with Gasteiger partial charge in [0.25, 0.3) is 5.91 Å². The molecule has 2 saturated heterocycles. The zero-order chi connectivity index (χ0) is 26.0. The van der Waals surface area contributed by atoms with Crippen LogP contribution in [0.5, 0.6) is 0 Å². The smallest absolute Gasteiger partial charge is 0.256 e. The molecule has 6 heteroatoms. The van der Waals surface area contributed by atoms with Gasteiger partial charge in [0.2, 0.25) is 0 Å². The largest absolute Gasteiger partial charge is 0.338 e. The lowest BCUT2D eigenvalue weighted by molar-refractivity contribution is 0.0178. The molecule has 1 aromatic heterocycles. The highest BCUT2D eigenvalue weighted by Crippen LogP contribution is 2.36. The van der Waals surface area contributed by atoms with Crippen LogP contribution in [-0.4, -0.2) is 63.7 Å². The predicted octanol–water partition coefficient (Wildman–Crippen LogP) is 5.93. The average molecular weight is 506 g/mol. The van der Waals surface area contributed by atoms with Crippen molar-refractivity contribution < 1.29 is 4.79 Å². The third-order valence-electron chi connectivity index (χ3n) is 8.57. The first kappa shape index (κ1) is 24.6. The summed E-state index contributed by atoms with van der Waals surface area (Å²) in [6, 6.07) is 29.8. The first-order valence-electron chi connectivity index (χ1n) is 13.8. The summed E-state index contributed by atoms with van der Waals surface area (Å²) in [5, 5.41) is 9.14. The number of carbonyl (C=O) groups excluding carboxylic acids is 1. The number of hydrogen-bond donors (Lipinski definition) is 0. The van der Waals surface area contributed by atoms with Gasteiger partial charge in [-0.2, -0.15) is 10.2 Å². The topological polar surface area (TPSA) is 52.6 Å². The summed E-state index contributed by atoms with van der Waals surface area (Å²) >= 11 is 0. The van der Waals surface area contributed by atoms with E-state index in [-0.39, 0.29) is 11.4 Å². The summed E-state index contributed by atoms with van der Waals surface area (Å²) in [5.41, 5.74) is 4.05. The van der Waals surface area contributed by atoms with Crippen molar-refractivity contribution in [3.05, 3.63) is 96.7 Å². The van der Waals surface area contributed by atoms with Crippen LogP contribution in [0.15, 0.2) is 91.1 Å². The van der Waals surface area contributed by atoms with Gasteiger partial charge in [0.05, 0.1) is 17.3 Å². The number of hydrogen-bond acceptors (Lipinski definition) is 5. The quantitative estimate of drug-likeness (QED) is 0.337. The standard InChI is InChI=1S/C32H35N5O/c1-32(18-22-35(23-19-32)31(38)29-24-33-34-30-15-9-8-14-28(29)30)36-20-16-27(17-21-36)37(25-10-4-2-5-11-25)26-12-6-3-7-13-26/h2-15,24,27H,16-23H2,1H3. The SMILES string of the molecule is CC1(N2CCC(N(c3ccccc3)c3ccccc3)CC2)CCN(C(=O)c2cnnc3ccccc23)CC1. The van der Waals surface area contributed by atoms with Gasteiger partial charge in [0.15, 0.2) is 0 Å². The zero-order valence-corrected chi connectivity index (χ0v) is 22.0. The lowest BCUT2D eigenvalue weighted by atomic mass is 9.85. The molecule has 0 radical (unpaired) electrons. The minimum absolute atomic E-state index is 0.0678. The molecule has 6 nitrogen and oxygen atoms in total. The third-order valence-corrected chi connectivity index (χ3v) is 8.57. The van der Waals surface area contributed by atoms with Gasteiger partial charge >= 0.3 is 0 Å². The van der Waals surface area contributed by atoms with E-state index < -0.39 is 0 Å². The number of amides is 1. The summed E-state index contributed by atoms with van der Waals surface area (Å²) in [7, 11) is 0. The van der Waals surface area contributed by atoms with Crippen molar-refractivity contribution in [3.8, 4) is 0 Å². The molecular formula is C32H35N5O. The third kappa shape index (κ3) is 4.76. The molecular weight excluding hydrogens is 470 g/mol. The number of piperidine rings is 2. The summed E-state index contributed by atoms with van der Waals surface area (Å²) in [6.45, 7) is 6.08. The number of aromatic nitrogens is 2. The van der Waals surface area contributed by atoms with Gasteiger partial charge in [0, 0.05) is 54.5 Å². The summed E-state index contributed by atoms with van der Waals surface area (Å²) < 4.78 is 0. The van der Waals surface area contributed by atoms with Crippen LogP contribution in [0.3, 0.4) is 0 Å². The Bertz CT molecular complexity index is 1330. The van der Waals surface area contributed by atoms with E-state index in [4.69, 9.17) is 0 Å². The van der Waals surface area contributed by atoms with Crippen molar-refractivity contribution in [3.63, 3.8) is 0 Å². The zero-order valence-electron chi connectivity index (χ0n) is 22.0. The predicted molar refractivity (Wildman–Crippen MR) is 153 cm³/mol. The molecule has 0 spiro atoms. The molecule has 2 aliphatic rings. The van der Waals surface area contributed by atoms with E-state index in [9.17, 15) is 4.79 Å². The van der Waals surface area contributed by atoms with Crippen molar-refractivity contribution in [1.29, 1.82) is 0 Å². The number of rotatable bonds is 5. The van der Waals surface area contributed by atoms with E-state index in [1.165, 1.54) is 11.4 Å². The Labute approximate surface area is 224 Å². The Morgan fingerprint density at radius 2 is 1.39 bits per heavy atom. The number of para-hydroxylation sites is 2. The van der Waals surface area contributed by atoms with E-state index >= 15 is 0 Å². The van der Waals surface area contributed by atoms with Crippen molar-refractivity contribution in [1.82, 2.24) is 20.0 Å². The molecule has 38 heavy (non-hydrogen) atoms. The summed E-state index contributed by atoms with van der Waals surface area (Å²) in [5.74, 6) is 0.0678. The van der Waals surface area contributed by atoms with Crippen LogP contribution in [0.1, 0.15) is 43.0 Å². The lowest BCUT2D eigenvalue weighted by Crippen LogP contribution is -2.57. The van der Waals surface area contributed by atoms with Crippen LogP contribution in [0.25, 0.3) is 10.9 Å². The first-order valence-corrected chi connectivity index (χ1v) is 13.8. The van der Waals surface area contributed by atoms with Crippen LogP contribution in [0.4, 0.5) is 11.4 Å². The monoisotopic (exact) mass is 505 g/mol. The van der Waals surface area contributed by atoms with Gasteiger partial charge in [0.1, 0.15) is 0 Å². The molecule has 0 N–H and O–H groups in total. The molecule has 6 rings (SSSR count). The average Bonchev–Trinajstić information content (AvgIpc) is 2.98. The Morgan fingerprint density at radius 1 is 0.816 bits per heavy atom. The fourth-order valence-electron chi connectivity index (χ4n) is 6.27. The molecule has 0 aliphatic carbocycles. The molecule has 3 heterocycles. The molecule has 2 fully saturated rings. The first-order chi connectivity index (χ1) is 18.6. The molecule has 4 aromatic rings. The minimum Gasteiger partial charge on any atom is -0.338 e. The molecule has 194 valence electrons. The minimum atomic E-state index is 0.0678. The second-order valence-electron chi connectivity index (χ2n) is 10.8. The molecule has 1 amide bonds. The highest BCUT2D eigenvalue weighted by Gasteiger charge is 2.39. The maximum atomic E-state index is 13.4. The Kier molecular flexibility index (Phi) is 6.81. The van der Waals surface area contributed by atoms with Crippen molar-refractivity contribution in [2.75, 3.05) is 31.1 Å².